The molecule has 1 fully saturated rings. The SMILES string of the molecule is CCNCc1ccnc(N2CCCOCC2)c1. The molecule has 0 amide bonds. The van der Waals surface area contributed by atoms with Gasteiger partial charge in [-0.3, -0.25) is 0 Å². The maximum atomic E-state index is 5.46. The van der Waals surface area contributed by atoms with Gasteiger partial charge in [0, 0.05) is 32.4 Å². The maximum Gasteiger partial charge on any atom is 0.128 e. The molecule has 17 heavy (non-hydrogen) atoms. The smallest absolute Gasteiger partial charge is 0.128 e. The number of hydrogen-bond donors (Lipinski definition) is 1. The summed E-state index contributed by atoms with van der Waals surface area (Å²) in [6.07, 6.45) is 2.98. The van der Waals surface area contributed by atoms with Crippen LogP contribution in [0.5, 0.6) is 0 Å². The normalized spacial score (nSPS) is 16.9. The molecular formula is C13H21N3O. The Balaban J connectivity index is 2.03. The Labute approximate surface area is 103 Å². The lowest BCUT2D eigenvalue weighted by molar-refractivity contribution is 0.152. The van der Waals surface area contributed by atoms with Crippen molar-refractivity contribution in [3.8, 4) is 0 Å². The topological polar surface area (TPSA) is 37.4 Å². The first-order valence-corrected chi connectivity index (χ1v) is 6.38. The van der Waals surface area contributed by atoms with Gasteiger partial charge in [0.2, 0.25) is 0 Å². The van der Waals surface area contributed by atoms with Gasteiger partial charge in [-0.2, -0.15) is 0 Å². The Bertz CT molecular complexity index is 335. The van der Waals surface area contributed by atoms with E-state index in [1.807, 2.05) is 6.20 Å². The first-order valence-electron chi connectivity index (χ1n) is 6.38. The molecule has 4 heteroatoms. The van der Waals surface area contributed by atoms with Crippen LogP contribution >= 0.6 is 0 Å². The van der Waals surface area contributed by atoms with E-state index in [-0.39, 0.29) is 0 Å². The molecule has 0 atom stereocenters. The van der Waals surface area contributed by atoms with Gasteiger partial charge in [-0.15, -0.1) is 0 Å². The van der Waals surface area contributed by atoms with E-state index in [0.717, 1.165) is 51.6 Å². The summed E-state index contributed by atoms with van der Waals surface area (Å²) >= 11 is 0. The molecular weight excluding hydrogens is 214 g/mol. The van der Waals surface area contributed by atoms with Crippen LogP contribution in [-0.4, -0.2) is 37.8 Å². The minimum Gasteiger partial charge on any atom is -0.380 e. The lowest BCUT2D eigenvalue weighted by Gasteiger charge is -2.21. The van der Waals surface area contributed by atoms with Crippen molar-refractivity contribution in [2.75, 3.05) is 37.7 Å². The number of pyridine rings is 1. The number of hydrogen-bond acceptors (Lipinski definition) is 4. The Morgan fingerprint density at radius 3 is 3.24 bits per heavy atom. The minimum absolute atomic E-state index is 0.805. The molecule has 94 valence electrons. The quantitative estimate of drug-likeness (QED) is 0.856. The van der Waals surface area contributed by atoms with Gasteiger partial charge in [0.05, 0.1) is 6.61 Å². The summed E-state index contributed by atoms with van der Waals surface area (Å²) in [5.74, 6) is 1.07. The van der Waals surface area contributed by atoms with Gasteiger partial charge in [-0.1, -0.05) is 6.92 Å². The molecule has 0 spiro atoms. The molecule has 0 unspecified atom stereocenters. The average Bonchev–Trinajstić information content (AvgIpc) is 2.65. The Hall–Kier alpha value is -1.13. The molecule has 1 saturated heterocycles. The number of nitrogens with one attached hydrogen (secondary N) is 1. The van der Waals surface area contributed by atoms with Crippen molar-refractivity contribution in [3.05, 3.63) is 23.9 Å². The molecule has 4 nitrogen and oxygen atoms in total. The Morgan fingerprint density at radius 1 is 1.41 bits per heavy atom. The second-order valence-electron chi connectivity index (χ2n) is 4.26. The Kier molecular flexibility index (Phi) is 4.76. The highest BCUT2D eigenvalue weighted by atomic mass is 16.5. The molecule has 0 saturated carbocycles. The van der Waals surface area contributed by atoms with E-state index in [0.29, 0.717) is 0 Å². The van der Waals surface area contributed by atoms with E-state index in [1.165, 1.54) is 5.56 Å². The van der Waals surface area contributed by atoms with Crippen LogP contribution in [-0.2, 0) is 11.3 Å². The molecule has 0 aliphatic carbocycles. The zero-order chi connectivity index (χ0) is 11.9. The highest BCUT2D eigenvalue weighted by Gasteiger charge is 2.11. The standard InChI is InChI=1S/C13H21N3O/c1-2-14-11-12-4-5-15-13(10-12)16-6-3-8-17-9-7-16/h4-5,10,14H,2-3,6-9,11H2,1H3. The second kappa shape index (κ2) is 6.57. The van der Waals surface area contributed by atoms with Crippen LogP contribution in [0.15, 0.2) is 18.3 Å². The first-order chi connectivity index (χ1) is 8.40. The number of ether oxygens (including phenoxy) is 1. The summed E-state index contributed by atoms with van der Waals surface area (Å²) in [5.41, 5.74) is 1.29. The van der Waals surface area contributed by atoms with Gasteiger partial charge in [-0.05, 0) is 30.7 Å². The summed E-state index contributed by atoms with van der Waals surface area (Å²) in [6, 6.07) is 4.24. The molecule has 0 bridgehead atoms. The lowest BCUT2D eigenvalue weighted by atomic mass is 10.2. The van der Waals surface area contributed by atoms with Gasteiger partial charge in [0.25, 0.3) is 0 Å². The van der Waals surface area contributed by atoms with Gasteiger partial charge < -0.3 is 15.0 Å². The lowest BCUT2D eigenvalue weighted by Crippen LogP contribution is -2.27. The van der Waals surface area contributed by atoms with Crippen LogP contribution in [0.2, 0.25) is 0 Å². The van der Waals surface area contributed by atoms with Gasteiger partial charge in [-0.25, -0.2) is 4.98 Å². The predicted molar refractivity (Wildman–Crippen MR) is 69.3 cm³/mol. The van der Waals surface area contributed by atoms with Crippen LogP contribution in [0.4, 0.5) is 5.82 Å². The van der Waals surface area contributed by atoms with Crippen LogP contribution in [0, 0.1) is 0 Å². The van der Waals surface area contributed by atoms with Gasteiger partial charge in [0.15, 0.2) is 0 Å². The van der Waals surface area contributed by atoms with Crippen LogP contribution in [0.1, 0.15) is 18.9 Å². The molecule has 2 rings (SSSR count). The second-order valence-corrected chi connectivity index (χ2v) is 4.26. The first kappa shape index (κ1) is 12.3. The molecule has 0 radical (unpaired) electrons. The molecule has 1 aromatic heterocycles. The third-order valence-corrected chi connectivity index (χ3v) is 2.94. The largest absolute Gasteiger partial charge is 0.380 e. The number of aromatic nitrogens is 1. The van der Waals surface area contributed by atoms with Crippen LogP contribution in [0.25, 0.3) is 0 Å². The van der Waals surface area contributed by atoms with Crippen molar-refractivity contribution in [3.63, 3.8) is 0 Å². The van der Waals surface area contributed by atoms with E-state index in [4.69, 9.17) is 4.74 Å². The molecule has 1 N–H and O–H groups in total. The van der Waals surface area contributed by atoms with Crippen molar-refractivity contribution in [1.82, 2.24) is 10.3 Å². The molecule has 0 aromatic carbocycles. The average molecular weight is 235 g/mol. The fourth-order valence-electron chi connectivity index (χ4n) is 1.99. The van der Waals surface area contributed by atoms with E-state index in [1.54, 1.807) is 0 Å². The van der Waals surface area contributed by atoms with E-state index in [9.17, 15) is 0 Å². The summed E-state index contributed by atoms with van der Waals surface area (Å²) in [5, 5.41) is 3.34. The Morgan fingerprint density at radius 2 is 2.35 bits per heavy atom. The summed E-state index contributed by atoms with van der Waals surface area (Å²) < 4.78 is 5.46. The van der Waals surface area contributed by atoms with E-state index >= 15 is 0 Å². The minimum atomic E-state index is 0.805. The summed E-state index contributed by atoms with van der Waals surface area (Å²) in [7, 11) is 0. The van der Waals surface area contributed by atoms with E-state index < -0.39 is 0 Å². The van der Waals surface area contributed by atoms with Crippen LogP contribution < -0.4 is 10.2 Å². The van der Waals surface area contributed by atoms with Crippen molar-refractivity contribution in [2.45, 2.75) is 19.9 Å². The number of anilines is 1. The third kappa shape index (κ3) is 3.68. The van der Waals surface area contributed by atoms with Gasteiger partial charge >= 0.3 is 0 Å². The number of rotatable bonds is 4. The number of nitrogens with zero attached hydrogens (tertiary/aromatic N) is 2. The third-order valence-electron chi connectivity index (χ3n) is 2.94. The fraction of sp³-hybridized carbons (Fsp3) is 0.615. The molecule has 1 aliphatic rings. The van der Waals surface area contributed by atoms with Gasteiger partial charge in [0.1, 0.15) is 5.82 Å². The molecule has 2 heterocycles. The monoisotopic (exact) mass is 235 g/mol. The highest BCUT2D eigenvalue weighted by Crippen LogP contribution is 2.14. The summed E-state index contributed by atoms with van der Waals surface area (Å²) in [6.45, 7) is 7.68. The van der Waals surface area contributed by atoms with Crippen molar-refractivity contribution < 1.29 is 4.74 Å². The van der Waals surface area contributed by atoms with Crippen LogP contribution in [0.3, 0.4) is 0 Å². The van der Waals surface area contributed by atoms with Crippen molar-refractivity contribution in [2.24, 2.45) is 0 Å². The zero-order valence-electron chi connectivity index (χ0n) is 10.5. The highest BCUT2D eigenvalue weighted by molar-refractivity contribution is 5.41. The maximum absolute atomic E-state index is 5.46. The molecule has 1 aliphatic heterocycles. The predicted octanol–water partition coefficient (Wildman–Crippen LogP) is 1.42. The zero-order valence-corrected chi connectivity index (χ0v) is 10.5. The summed E-state index contributed by atoms with van der Waals surface area (Å²) in [4.78, 5) is 6.76. The van der Waals surface area contributed by atoms with Crippen molar-refractivity contribution >= 4 is 5.82 Å². The van der Waals surface area contributed by atoms with E-state index in [2.05, 4.69) is 34.3 Å². The molecule has 1 aromatic rings. The fourth-order valence-corrected chi connectivity index (χ4v) is 1.99. The van der Waals surface area contributed by atoms with Crippen molar-refractivity contribution in [1.29, 1.82) is 0 Å².